The van der Waals surface area contributed by atoms with Crippen LogP contribution in [0.4, 0.5) is 0 Å². The normalized spacial score (nSPS) is 11.1. The minimum absolute atomic E-state index is 0.0367. The molecule has 0 aliphatic carbocycles. The molecule has 0 amide bonds. The van der Waals surface area contributed by atoms with Crippen LogP contribution in [0.3, 0.4) is 0 Å². The van der Waals surface area contributed by atoms with E-state index in [2.05, 4.69) is 64.1 Å². The Hall–Kier alpha value is -1.60. The van der Waals surface area contributed by atoms with E-state index in [9.17, 15) is 0 Å². The molecule has 0 aromatic heterocycles. The highest BCUT2D eigenvalue weighted by atomic mass is 14.6. The SMILES string of the molecule is CCc1cc(C)cc(C(N)c2cc(C)cc(CC)c2)c1. The summed E-state index contributed by atoms with van der Waals surface area (Å²) in [4.78, 5) is 0. The predicted octanol–water partition coefficient (Wildman–Crippen LogP) is 4.48. The van der Waals surface area contributed by atoms with Crippen LogP contribution in [-0.4, -0.2) is 0 Å². The number of benzene rings is 2. The Kier molecular flexibility index (Phi) is 4.61. The summed E-state index contributed by atoms with van der Waals surface area (Å²) in [5, 5.41) is 0. The van der Waals surface area contributed by atoms with Gasteiger partial charge in [0.1, 0.15) is 0 Å². The third kappa shape index (κ3) is 3.29. The monoisotopic (exact) mass is 267 g/mol. The smallest absolute Gasteiger partial charge is 0.0552 e. The molecule has 0 saturated carbocycles. The van der Waals surface area contributed by atoms with Crippen LogP contribution in [0.2, 0.25) is 0 Å². The maximum atomic E-state index is 6.50. The number of hydrogen-bond acceptors (Lipinski definition) is 1. The van der Waals surface area contributed by atoms with Gasteiger partial charge in [0.2, 0.25) is 0 Å². The molecule has 0 atom stereocenters. The molecule has 0 aliphatic heterocycles. The summed E-state index contributed by atoms with van der Waals surface area (Å²) in [5.41, 5.74) is 14.2. The van der Waals surface area contributed by atoms with E-state index in [0.717, 1.165) is 12.8 Å². The summed E-state index contributed by atoms with van der Waals surface area (Å²) in [6.45, 7) is 8.66. The van der Waals surface area contributed by atoms with Gasteiger partial charge in [-0.1, -0.05) is 61.4 Å². The van der Waals surface area contributed by atoms with Crippen LogP contribution in [0, 0.1) is 13.8 Å². The third-order valence-corrected chi connectivity index (χ3v) is 3.85. The van der Waals surface area contributed by atoms with Crippen molar-refractivity contribution >= 4 is 0 Å². The Morgan fingerprint density at radius 2 is 1.15 bits per heavy atom. The molecule has 2 rings (SSSR count). The van der Waals surface area contributed by atoms with Crippen molar-refractivity contribution in [3.05, 3.63) is 69.8 Å². The first-order chi connectivity index (χ1) is 9.53. The van der Waals surface area contributed by atoms with Crippen LogP contribution < -0.4 is 5.73 Å². The molecule has 1 nitrogen and oxygen atoms in total. The van der Waals surface area contributed by atoms with Crippen LogP contribution in [0.5, 0.6) is 0 Å². The highest BCUT2D eigenvalue weighted by Gasteiger charge is 2.11. The summed E-state index contributed by atoms with van der Waals surface area (Å²) in [6, 6.07) is 13.3. The fourth-order valence-electron chi connectivity index (χ4n) is 2.75. The Balaban J connectivity index is 2.42. The van der Waals surface area contributed by atoms with Gasteiger partial charge in [-0.25, -0.2) is 0 Å². The summed E-state index contributed by atoms with van der Waals surface area (Å²) >= 11 is 0. The van der Waals surface area contributed by atoms with Crippen LogP contribution in [-0.2, 0) is 12.8 Å². The summed E-state index contributed by atoms with van der Waals surface area (Å²) in [7, 11) is 0. The molecule has 0 spiro atoms. The highest BCUT2D eigenvalue weighted by molar-refractivity contribution is 5.40. The van der Waals surface area contributed by atoms with Gasteiger partial charge in [0.15, 0.2) is 0 Å². The van der Waals surface area contributed by atoms with E-state index < -0.39 is 0 Å². The van der Waals surface area contributed by atoms with Crippen molar-refractivity contribution in [2.75, 3.05) is 0 Å². The zero-order valence-electron chi connectivity index (χ0n) is 13.0. The molecule has 2 aromatic carbocycles. The number of nitrogens with two attached hydrogens (primary N) is 1. The second kappa shape index (κ2) is 6.23. The molecule has 0 saturated heterocycles. The lowest BCUT2D eigenvalue weighted by atomic mass is 9.93. The van der Waals surface area contributed by atoms with Crippen LogP contribution in [0.15, 0.2) is 36.4 Å². The Morgan fingerprint density at radius 1 is 0.750 bits per heavy atom. The summed E-state index contributed by atoms with van der Waals surface area (Å²) < 4.78 is 0. The number of aryl methyl sites for hydroxylation is 4. The standard InChI is InChI=1S/C19H25N/c1-5-15-7-13(3)9-17(11-15)19(20)18-10-14(4)8-16(6-2)12-18/h7-12,19H,5-6,20H2,1-4H3. The molecule has 0 radical (unpaired) electrons. The Morgan fingerprint density at radius 3 is 1.50 bits per heavy atom. The molecular formula is C19H25N. The van der Waals surface area contributed by atoms with Crippen LogP contribution in [0.25, 0.3) is 0 Å². The quantitative estimate of drug-likeness (QED) is 0.868. The molecule has 1 heteroatoms. The first-order valence-corrected chi connectivity index (χ1v) is 7.50. The van der Waals surface area contributed by atoms with E-state index in [1.54, 1.807) is 0 Å². The molecule has 106 valence electrons. The van der Waals surface area contributed by atoms with Crippen molar-refractivity contribution in [3.63, 3.8) is 0 Å². The van der Waals surface area contributed by atoms with Gasteiger partial charge in [-0.2, -0.15) is 0 Å². The molecule has 0 bridgehead atoms. The minimum Gasteiger partial charge on any atom is -0.320 e. The molecule has 0 heterocycles. The van der Waals surface area contributed by atoms with Gasteiger partial charge in [0, 0.05) is 0 Å². The second-order valence-corrected chi connectivity index (χ2v) is 5.69. The van der Waals surface area contributed by atoms with Crippen molar-refractivity contribution in [3.8, 4) is 0 Å². The van der Waals surface area contributed by atoms with Gasteiger partial charge in [-0.15, -0.1) is 0 Å². The van der Waals surface area contributed by atoms with E-state index in [1.165, 1.54) is 33.4 Å². The lowest BCUT2D eigenvalue weighted by molar-refractivity contribution is 0.859. The highest BCUT2D eigenvalue weighted by Crippen LogP contribution is 2.24. The second-order valence-electron chi connectivity index (χ2n) is 5.69. The first-order valence-electron chi connectivity index (χ1n) is 7.50. The summed E-state index contributed by atoms with van der Waals surface area (Å²) in [6.07, 6.45) is 2.10. The zero-order chi connectivity index (χ0) is 14.7. The van der Waals surface area contributed by atoms with Crippen molar-refractivity contribution < 1.29 is 0 Å². The fourth-order valence-corrected chi connectivity index (χ4v) is 2.75. The molecule has 0 fully saturated rings. The topological polar surface area (TPSA) is 26.0 Å². The van der Waals surface area contributed by atoms with E-state index in [-0.39, 0.29) is 6.04 Å². The number of rotatable bonds is 4. The summed E-state index contributed by atoms with van der Waals surface area (Å²) in [5.74, 6) is 0. The third-order valence-electron chi connectivity index (χ3n) is 3.85. The molecule has 0 aliphatic rings. The lowest BCUT2D eigenvalue weighted by Crippen LogP contribution is -2.13. The molecular weight excluding hydrogens is 242 g/mol. The van der Waals surface area contributed by atoms with Crippen molar-refractivity contribution in [2.45, 2.75) is 46.6 Å². The zero-order valence-corrected chi connectivity index (χ0v) is 13.0. The van der Waals surface area contributed by atoms with E-state index in [1.807, 2.05) is 0 Å². The first kappa shape index (κ1) is 14.8. The van der Waals surface area contributed by atoms with Gasteiger partial charge in [0.25, 0.3) is 0 Å². The predicted molar refractivity (Wildman–Crippen MR) is 87.1 cm³/mol. The van der Waals surface area contributed by atoms with Crippen LogP contribution in [0.1, 0.15) is 53.3 Å². The van der Waals surface area contributed by atoms with Crippen molar-refractivity contribution in [2.24, 2.45) is 5.73 Å². The van der Waals surface area contributed by atoms with Crippen molar-refractivity contribution in [1.29, 1.82) is 0 Å². The number of hydrogen-bond donors (Lipinski definition) is 1. The van der Waals surface area contributed by atoms with Gasteiger partial charge in [-0.05, 0) is 48.9 Å². The van der Waals surface area contributed by atoms with Gasteiger partial charge in [-0.3, -0.25) is 0 Å². The van der Waals surface area contributed by atoms with Crippen molar-refractivity contribution in [1.82, 2.24) is 0 Å². The minimum atomic E-state index is -0.0367. The van der Waals surface area contributed by atoms with E-state index in [4.69, 9.17) is 5.73 Å². The maximum Gasteiger partial charge on any atom is 0.0552 e. The molecule has 20 heavy (non-hydrogen) atoms. The van der Waals surface area contributed by atoms with E-state index >= 15 is 0 Å². The lowest BCUT2D eigenvalue weighted by Gasteiger charge is -2.16. The van der Waals surface area contributed by atoms with Gasteiger partial charge in [0.05, 0.1) is 6.04 Å². The Labute approximate surface area is 122 Å². The Bertz CT molecular complexity index is 545. The average molecular weight is 267 g/mol. The largest absolute Gasteiger partial charge is 0.320 e. The molecule has 2 N–H and O–H groups in total. The van der Waals surface area contributed by atoms with Crippen LogP contribution >= 0.6 is 0 Å². The van der Waals surface area contributed by atoms with Gasteiger partial charge >= 0.3 is 0 Å². The van der Waals surface area contributed by atoms with E-state index in [0.29, 0.717) is 0 Å². The molecule has 2 aromatic rings. The maximum absolute atomic E-state index is 6.50. The average Bonchev–Trinajstić information content (AvgIpc) is 2.44. The molecule has 0 unspecified atom stereocenters. The fraction of sp³-hybridized carbons (Fsp3) is 0.368. The van der Waals surface area contributed by atoms with Gasteiger partial charge < -0.3 is 5.73 Å².